The fourth-order valence-electron chi connectivity index (χ4n) is 4.34. The molecule has 0 rings (SSSR count). The largest absolute Gasteiger partial charge is 0.469 e. The van der Waals surface area contributed by atoms with Crippen molar-refractivity contribution < 1.29 is 43.0 Å². The lowest BCUT2D eigenvalue weighted by molar-refractivity contribution is -0.161. The Bertz CT molecular complexity index is 1080. The standard InChI is InChI=1S/C39H63O9P/c1-3-5-7-8-9-10-11-12-13-14-15-18-22-25-29-33-39(42)48-37(35-47-49(43,44)45)34-46-38(41)32-28-24-21-19-16-17-20-23-27-31-36(40)30-26-6-4-2/h5-7,9-10,12-13,15,18,20,23,26-27,31,36-37,40H,3-4,8,11,14,16-17,19,21-22,24-25,28-30,32-35H2,1-2H3,(H2,43,44,45)/b7-5-,10-9-,13-12-,18-15-,23-20+,26-6+,31-27+/t36?,37-/m1/s1. The van der Waals surface area contributed by atoms with Crippen LogP contribution in [0.25, 0.3) is 0 Å². The van der Waals surface area contributed by atoms with E-state index >= 15 is 0 Å². The van der Waals surface area contributed by atoms with Gasteiger partial charge in [0.2, 0.25) is 0 Å². The maximum Gasteiger partial charge on any atom is 0.469 e. The van der Waals surface area contributed by atoms with Crippen LogP contribution in [0.2, 0.25) is 0 Å². The molecule has 9 nitrogen and oxygen atoms in total. The molecule has 0 radical (unpaired) electrons. The van der Waals surface area contributed by atoms with Gasteiger partial charge in [0, 0.05) is 12.8 Å². The van der Waals surface area contributed by atoms with Crippen LogP contribution >= 0.6 is 7.82 Å². The molecular weight excluding hydrogens is 643 g/mol. The predicted molar refractivity (Wildman–Crippen MR) is 199 cm³/mol. The van der Waals surface area contributed by atoms with Crippen LogP contribution in [0.1, 0.15) is 123 Å². The number of aliphatic hydroxyl groups is 1. The second kappa shape index (κ2) is 33.7. The number of allylic oxidation sites excluding steroid dienone is 12. The number of aliphatic hydroxyl groups excluding tert-OH is 1. The van der Waals surface area contributed by atoms with Crippen molar-refractivity contribution in [2.24, 2.45) is 0 Å². The van der Waals surface area contributed by atoms with Crippen molar-refractivity contribution in [2.45, 2.75) is 135 Å². The number of rotatable bonds is 31. The molecule has 1 unspecified atom stereocenters. The molecule has 0 aliphatic carbocycles. The normalized spacial score (nSPS) is 14.1. The number of ether oxygens (including phenoxy) is 2. The van der Waals surface area contributed by atoms with Crippen LogP contribution in [-0.4, -0.2) is 52.3 Å². The minimum atomic E-state index is -4.78. The summed E-state index contributed by atoms with van der Waals surface area (Å²) in [7, 11) is -4.78. The third kappa shape index (κ3) is 36.3. The van der Waals surface area contributed by atoms with E-state index in [2.05, 4.69) is 73.1 Å². The van der Waals surface area contributed by atoms with Crippen molar-refractivity contribution >= 4 is 19.8 Å². The van der Waals surface area contributed by atoms with E-state index in [1.165, 1.54) is 0 Å². The Balaban J connectivity index is 4.16. The van der Waals surface area contributed by atoms with Gasteiger partial charge in [0.1, 0.15) is 6.61 Å². The van der Waals surface area contributed by atoms with Crippen molar-refractivity contribution in [3.63, 3.8) is 0 Å². The van der Waals surface area contributed by atoms with Gasteiger partial charge in [-0.25, -0.2) is 4.57 Å². The summed E-state index contributed by atoms with van der Waals surface area (Å²) in [5, 5.41) is 9.82. The molecule has 0 heterocycles. The van der Waals surface area contributed by atoms with Gasteiger partial charge >= 0.3 is 19.8 Å². The second-order valence-corrected chi connectivity index (χ2v) is 12.9. The molecule has 278 valence electrons. The van der Waals surface area contributed by atoms with E-state index in [0.29, 0.717) is 19.3 Å². The molecule has 0 aliphatic heterocycles. The van der Waals surface area contributed by atoms with Crippen LogP contribution < -0.4 is 0 Å². The quantitative estimate of drug-likeness (QED) is 0.0211. The van der Waals surface area contributed by atoms with Crippen LogP contribution in [0.3, 0.4) is 0 Å². The van der Waals surface area contributed by atoms with Gasteiger partial charge in [-0.15, -0.1) is 0 Å². The highest BCUT2D eigenvalue weighted by atomic mass is 31.2. The Morgan fingerprint density at radius 3 is 1.84 bits per heavy atom. The molecule has 0 saturated carbocycles. The first-order valence-corrected chi connectivity index (χ1v) is 19.5. The average Bonchev–Trinajstić information content (AvgIpc) is 3.06. The number of hydrogen-bond acceptors (Lipinski definition) is 7. The van der Waals surface area contributed by atoms with E-state index in [0.717, 1.165) is 77.0 Å². The molecule has 2 atom stereocenters. The number of unbranched alkanes of at least 4 members (excludes halogenated alkanes) is 7. The molecule has 0 amide bonds. The van der Waals surface area contributed by atoms with Gasteiger partial charge in [-0.2, -0.15) is 0 Å². The summed E-state index contributed by atoms with van der Waals surface area (Å²) in [6.07, 6.45) is 40.7. The van der Waals surface area contributed by atoms with Crippen LogP contribution in [0.4, 0.5) is 0 Å². The number of hydrogen-bond donors (Lipinski definition) is 3. The third-order valence-electron chi connectivity index (χ3n) is 6.99. The zero-order valence-corrected chi connectivity index (χ0v) is 30.8. The van der Waals surface area contributed by atoms with Crippen molar-refractivity contribution in [1.82, 2.24) is 0 Å². The Hall–Kier alpha value is -2.81. The molecule has 0 saturated heterocycles. The monoisotopic (exact) mass is 706 g/mol. The van der Waals surface area contributed by atoms with Crippen LogP contribution in [0, 0.1) is 0 Å². The van der Waals surface area contributed by atoms with Gasteiger partial charge in [0.05, 0.1) is 12.7 Å². The van der Waals surface area contributed by atoms with Gasteiger partial charge in [-0.3, -0.25) is 14.1 Å². The van der Waals surface area contributed by atoms with Crippen molar-refractivity contribution in [2.75, 3.05) is 13.2 Å². The van der Waals surface area contributed by atoms with Gasteiger partial charge in [0.15, 0.2) is 6.10 Å². The predicted octanol–water partition coefficient (Wildman–Crippen LogP) is 9.48. The van der Waals surface area contributed by atoms with Gasteiger partial charge in [-0.1, -0.05) is 118 Å². The minimum Gasteiger partial charge on any atom is -0.462 e. The minimum absolute atomic E-state index is 0.139. The number of carbonyl (C=O) groups is 2. The maximum atomic E-state index is 12.3. The second-order valence-electron chi connectivity index (χ2n) is 11.6. The molecule has 0 spiro atoms. The summed E-state index contributed by atoms with van der Waals surface area (Å²) < 4.78 is 26.2. The molecule has 3 N–H and O–H groups in total. The van der Waals surface area contributed by atoms with Crippen LogP contribution in [0.5, 0.6) is 0 Å². The first kappa shape index (κ1) is 46.2. The number of phosphoric ester groups is 1. The molecule has 0 aliphatic rings. The average molecular weight is 707 g/mol. The number of carbonyl (C=O) groups excluding carboxylic acids is 2. The molecule has 0 aromatic carbocycles. The number of phosphoric acid groups is 1. The molecule has 0 fully saturated rings. The highest BCUT2D eigenvalue weighted by Gasteiger charge is 2.22. The summed E-state index contributed by atoms with van der Waals surface area (Å²) in [6.45, 7) is 3.27. The third-order valence-corrected chi connectivity index (χ3v) is 7.47. The molecule has 0 aromatic heterocycles. The Labute approximate surface area is 295 Å². The molecule has 10 heteroatoms. The summed E-state index contributed by atoms with van der Waals surface area (Å²) in [5.41, 5.74) is 0. The van der Waals surface area contributed by atoms with Crippen LogP contribution in [0.15, 0.2) is 85.1 Å². The maximum absolute atomic E-state index is 12.3. The lowest BCUT2D eigenvalue weighted by Crippen LogP contribution is -2.29. The molecule has 49 heavy (non-hydrogen) atoms. The van der Waals surface area contributed by atoms with Crippen molar-refractivity contribution in [3.8, 4) is 0 Å². The molecule has 0 aromatic rings. The lowest BCUT2D eigenvalue weighted by atomic mass is 10.1. The highest BCUT2D eigenvalue weighted by molar-refractivity contribution is 7.46. The van der Waals surface area contributed by atoms with E-state index in [4.69, 9.17) is 19.3 Å². The van der Waals surface area contributed by atoms with Crippen molar-refractivity contribution in [3.05, 3.63) is 85.1 Å². The van der Waals surface area contributed by atoms with E-state index in [1.807, 2.05) is 24.3 Å². The van der Waals surface area contributed by atoms with Crippen LogP contribution in [-0.2, 0) is 28.2 Å². The highest BCUT2D eigenvalue weighted by Crippen LogP contribution is 2.35. The Morgan fingerprint density at radius 1 is 0.633 bits per heavy atom. The summed E-state index contributed by atoms with van der Waals surface area (Å²) >= 11 is 0. The zero-order valence-electron chi connectivity index (χ0n) is 29.9. The lowest BCUT2D eigenvalue weighted by Gasteiger charge is -2.18. The summed E-state index contributed by atoms with van der Waals surface area (Å²) in [5.74, 6) is -0.999. The topological polar surface area (TPSA) is 140 Å². The number of esters is 2. The SMILES string of the molecule is CC/C=C\C/C=C\C/C=C\C/C=C\CCCCC(=O)O[C@H](COC(=O)CCCCCCC/C=C/C=C/C(O)C/C=C/CC)COP(=O)(O)O. The van der Waals surface area contributed by atoms with Gasteiger partial charge in [0.25, 0.3) is 0 Å². The summed E-state index contributed by atoms with van der Waals surface area (Å²) in [6, 6.07) is 0. The van der Waals surface area contributed by atoms with E-state index in [9.17, 15) is 19.3 Å². The van der Waals surface area contributed by atoms with Crippen molar-refractivity contribution in [1.29, 1.82) is 0 Å². The Morgan fingerprint density at radius 2 is 1.16 bits per heavy atom. The summed E-state index contributed by atoms with van der Waals surface area (Å²) in [4.78, 5) is 42.6. The smallest absolute Gasteiger partial charge is 0.462 e. The van der Waals surface area contributed by atoms with E-state index in [-0.39, 0.29) is 19.4 Å². The van der Waals surface area contributed by atoms with E-state index in [1.54, 1.807) is 6.08 Å². The molecule has 0 bridgehead atoms. The molecular formula is C39H63O9P. The fraction of sp³-hybridized carbons (Fsp3) is 0.590. The fourth-order valence-corrected chi connectivity index (χ4v) is 4.70. The first-order chi connectivity index (χ1) is 23.7. The van der Waals surface area contributed by atoms with E-state index < -0.39 is 38.6 Å². The van der Waals surface area contributed by atoms with Gasteiger partial charge < -0.3 is 24.4 Å². The van der Waals surface area contributed by atoms with Gasteiger partial charge in [-0.05, 0) is 77.0 Å². The zero-order chi connectivity index (χ0) is 36.3. The first-order valence-electron chi connectivity index (χ1n) is 18.0. The Kier molecular flexibility index (Phi) is 31.7.